The Bertz CT molecular complexity index is 1430. The molecule has 0 amide bonds. The number of allylic oxidation sites excluding steroid dienone is 2. The summed E-state index contributed by atoms with van der Waals surface area (Å²) >= 11 is 0. The SMILES string of the molecule is CN1/C(=C\C=N/Nc2ccc(S(=O)(=O)Nc3ccccc3)cc2[N+](=O)[O-])C(C)(C)c2ccccc21. The molecule has 0 atom stereocenters. The van der Waals surface area contributed by atoms with Crippen LogP contribution >= 0.6 is 0 Å². The number of nitrogens with zero attached hydrogens (tertiary/aromatic N) is 3. The van der Waals surface area contributed by atoms with Gasteiger partial charge in [0.1, 0.15) is 5.69 Å². The fourth-order valence-corrected chi connectivity index (χ4v) is 5.24. The molecule has 3 aromatic rings. The number of para-hydroxylation sites is 2. The number of nitro groups is 1. The van der Waals surface area contributed by atoms with E-state index in [0.717, 1.165) is 17.5 Å². The van der Waals surface area contributed by atoms with Crippen LogP contribution in [-0.2, 0) is 15.4 Å². The Morgan fingerprint density at radius 1 is 1.03 bits per heavy atom. The van der Waals surface area contributed by atoms with Crippen molar-refractivity contribution in [1.82, 2.24) is 0 Å². The van der Waals surface area contributed by atoms with E-state index < -0.39 is 20.6 Å². The van der Waals surface area contributed by atoms with Crippen molar-refractivity contribution in [3.8, 4) is 0 Å². The van der Waals surface area contributed by atoms with Crippen LogP contribution in [0.5, 0.6) is 0 Å². The number of hydrogen-bond donors (Lipinski definition) is 2. The van der Waals surface area contributed by atoms with E-state index in [9.17, 15) is 18.5 Å². The number of nitrogens with one attached hydrogen (secondary N) is 2. The molecule has 0 bridgehead atoms. The number of benzene rings is 3. The van der Waals surface area contributed by atoms with Gasteiger partial charge in [-0.15, -0.1) is 0 Å². The molecule has 0 radical (unpaired) electrons. The van der Waals surface area contributed by atoms with Gasteiger partial charge in [-0.1, -0.05) is 50.2 Å². The second-order valence-corrected chi connectivity index (χ2v) is 10.2. The van der Waals surface area contributed by atoms with Crippen molar-refractivity contribution in [2.75, 3.05) is 22.1 Å². The predicted molar refractivity (Wildman–Crippen MR) is 138 cm³/mol. The highest BCUT2D eigenvalue weighted by Crippen LogP contribution is 2.46. The maximum Gasteiger partial charge on any atom is 0.295 e. The van der Waals surface area contributed by atoms with Gasteiger partial charge in [-0.3, -0.25) is 20.3 Å². The summed E-state index contributed by atoms with van der Waals surface area (Å²) in [7, 11) is -2.02. The Morgan fingerprint density at radius 3 is 2.40 bits per heavy atom. The molecule has 0 aromatic heterocycles. The third kappa shape index (κ3) is 4.73. The molecule has 10 heteroatoms. The van der Waals surface area contributed by atoms with Crippen molar-refractivity contribution < 1.29 is 13.3 Å². The summed E-state index contributed by atoms with van der Waals surface area (Å²) in [5, 5.41) is 15.8. The monoisotopic (exact) mass is 491 g/mol. The zero-order valence-corrected chi connectivity index (χ0v) is 20.3. The molecule has 1 aliphatic heterocycles. The van der Waals surface area contributed by atoms with Gasteiger partial charge in [0.15, 0.2) is 0 Å². The van der Waals surface area contributed by atoms with Gasteiger partial charge in [0.25, 0.3) is 15.7 Å². The summed E-state index contributed by atoms with van der Waals surface area (Å²) in [5.74, 6) is 0. The highest BCUT2D eigenvalue weighted by molar-refractivity contribution is 7.92. The molecule has 0 spiro atoms. The van der Waals surface area contributed by atoms with Crippen LogP contribution in [0.3, 0.4) is 0 Å². The highest BCUT2D eigenvalue weighted by atomic mass is 32.2. The second kappa shape index (κ2) is 9.22. The molecule has 9 nitrogen and oxygen atoms in total. The van der Waals surface area contributed by atoms with Crippen molar-refractivity contribution in [3.05, 3.63) is 100 Å². The molecule has 0 fully saturated rings. The topological polar surface area (TPSA) is 117 Å². The summed E-state index contributed by atoms with van der Waals surface area (Å²) in [5.41, 5.74) is 5.79. The van der Waals surface area contributed by atoms with Gasteiger partial charge in [-0.2, -0.15) is 5.10 Å². The fourth-order valence-electron chi connectivity index (χ4n) is 4.16. The molecule has 4 rings (SSSR count). The average Bonchev–Trinajstić information content (AvgIpc) is 3.02. The van der Waals surface area contributed by atoms with Gasteiger partial charge in [-0.05, 0) is 42.0 Å². The first-order valence-electron chi connectivity index (χ1n) is 10.8. The number of nitro benzene ring substituents is 1. The first-order valence-corrected chi connectivity index (χ1v) is 12.3. The van der Waals surface area contributed by atoms with Gasteiger partial charge in [0, 0.05) is 41.8 Å². The van der Waals surface area contributed by atoms with Crippen LogP contribution in [0.2, 0.25) is 0 Å². The van der Waals surface area contributed by atoms with Crippen LogP contribution in [0, 0.1) is 10.1 Å². The van der Waals surface area contributed by atoms with E-state index in [0.29, 0.717) is 5.69 Å². The van der Waals surface area contributed by atoms with Crippen molar-refractivity contribution in [2.24, 2.45) is 5.10 Å². The second-order valence-electron chi connectivity index (χ2n) is 8.55. The Labute approximate surface area is 204 Å². The normalized spacial score (nSPS) is 15.9. The molecule has 0 aliphatic carbocycles. The fraction of sp³-hybridized carbons (Fsp3) is 0.160. The smallest absolute Gasteiger partial charge is 0.295 e. The largest absolute Gasteiger partial charge is 0.347 e. The number of hydrogen-bond acceptors (Lipinski definition) is 7. The first kappa shape index (κ1) is 24.0. The van der Waals surface area contributed by atoms with Crippen LogP contribution in [0.15, 0.2) is 94.6 Å². The first-order chi connectivity index (χ1) is 16.6. The maximum absolute atomic E-state index is 12.7. The minimum absolute atomic E-state index is 0.0747. The molecular weight excluding hydrogens is 466 g/mol. The lowest BCUT2D eigenvalue weighted by atomic mass is 9.84. The Balaban J connectivity index is 1.55. The van der Waals surface area contributed by atoms with Crippen LogP contribution in [0.4, 0.5) is 22.7 Å². The van der Waals surface area contributed by atoms with Gasteiger partial charge < -0.3 is 4.90 Å². The van der Waals surface area contributed by atoms with E-state index in [4.69, 9.17) is 0 Å². The molecule has 0 saturated heterocycles. The van der Waals surface area contributed by atoms with Crippen molar-refractivity contribution in [3.63, 3.8) is 0 Å². The summed E-state index contributed by atoms with van der Waals surface area (Å²) < 4.78 is 27.8. The Morgan fingerprint density at radius 2 is 1.71 bits per heavy atom. The molecule has 35 heavy (non-hydrogen) atoms. The zero-order chi connectivity index (χ0) is 25.2. The third-order valence-electron chi connectivity index (χ3n) is 5.93. The standard InChI is InChI=1S/C25H25N5O4S/c1-25(2)20-11-7-8-12-22(20)29(3)24(25)15-16-26-27-21-14-13-19(17-23(21)30(31)32)35(33,34)28-18-9-5-4-6-10-18/h4-17,27-28H,1-3H3/b24-15-,26-16-. The van der Waals surface area contributed by atoms with Crippen LogP contribution in [-0.4, -0.2) is 26.6 Å². The molecule has 0 unspecified atom stereocenters. The minimum atomic E-state index is -4.00. The van der Waals surface area contributed by atoms with E-state index in [-0.39, 0.29) is 16.0 Å². The van der Waals surface area contributed by atoms with E-state index >= 15 is 0 Å². The molecule has 2 N–H and O–H groups in total. The van der Waals surface area contributed by atoms with Crippen LogP contribution < -0.4 is 15.0 Å². The van der Waals surface area contributed by atoms with Crippen LogP contribution in [0.25, 0.3) is 0 Å². The minimum Gasteiger partial charge on any atom is -0.347 e. The van der Waals surface area contributed by atoms with Gasteiger partial charge in [0.05, 0.1) is 9.82 Å². The number of sulfonamides is 1. The third-order valence-corrected chi connectivity index (χ3v) is 7.31. The lowest BCUT2D eigenvalue weighted by Crippen LogP contribution is -2.23. The quantitative estimate of drug-likeness (QED) is 0.270. The number of likely N-dealkylation sites (N-methyl/N-ethyl adjacent to an activating group) is 1. The number of anilines is 3. The van der Waals surface area contributed by atoms with Crippen molar-refractivity contribution >= 4 is 39.0 Å². The maximum atomic E-state index is 12.7. The molecule has 180 valence electrons. The van der Waals surface area contributed by atoms with E-state index in [2.05, 4.69) is 46.1 Å². The summed E-state index contributed by atoms with van der Waals surface area (Å²) in [4.78, 5) is 12.8. The van der Waals surface area contributed by atoms with Gasteiger partial charge in [0.2, 0.25) is 0 Å². The summed E-state index contributed by atoms with van der Waals surface area (Å²) in [6.45, 7) is 4.24. The number of hydrazone groups is 1. The Kier molecular flexibility index (Phi) is 6.31. The summed E-state index contributed by atoms with van der Waals surface area (Å²) in [6, 6.07) is 20.1. The van der Waals surface area contributed by atoms with Gasteiger partial charge >= 0.3 is 0 Å². The van der Waals surface area contributed by atoms with E-state index in [1.807, 2.05) is 25.3 Å². The van der Waals surface area contributed by atoms with E-state index in [1.54, 1.807) is 30.3 Å². The summed E-state index contributed by atoms with van der Waals surface area (Å²) in [6.07, 6.45) is 3.38. The van der Waals surface area contributed by atoms with Crippen molar-refractivity contribution in [2.45, 2.75) is 24.2 Å². The highest BCUT2D eigenvalue weighted by Gasteiger charge is 2.37. The molecular formula is C25H25N5O4S. The molecule has 0 saturated carbocycles. The van der Waals surface area contributed by atoms with Crippen LogP contribution in [0.1, 0.15) is 19.4 Å². The molecule has 3 aromatic carbocycles. The molecule has 1 aliphatic rings. The predicted octanol–water partition coefficient (Wildman–Crippen LogP) is 5.10. The number of fused-ring (bicyclic) bond motifs is 1. The van der Waals surface area contributed by atoms with Crippen molar-refractivity contribution in [1.29, 1.82) is 0 Å². The van der Waals surface area contributed by atoms with E-state index in [1.165, 1.54) is 23.9 Å². The zero-order valence-electron chi connectivity index (χ0n) is 19.5. The Hall–Kier alpha value is -4.18. The van der Waals surface area contributed by atoms with Gasteiger partial charge in [-0.25, -0.2) is 8.42 Å². The lowest BCUT2D eigenvalue weighted by Gasteiger charge is -2.23. The lowest BCUT2D eigenvalue weighted by molar-refractivity contribution is -0.384. The molecule has 1 heterocycles. The number of rotatable bonds is 7. The average molecular weight is 492 g/mol.